The Morgan fingerprint density at radius 3 is 2.80 bits per heavy atom. The summed E-state index contributed by atoms with van der Waals surface area (Å²) >= 11 is 14.6. The molecular weight excluding hydrogens is 425 g/mol. The van der Waals surface area contributed by atoms with Gasteiger partial charge >= 0.3 is 0 Å². The minimum atomic E-state index is -0.125. The van der Waals surface area contributed by atoms with E-state index in [1.165, 1.54) is 16.9 Å². The highest BCUT2D eigenvalue weighted by Gasteiger charge is 2.32. The van der Waals surface area contributed by atoms with E-state index in [-0.39, 0.29) is 17.3 Å². The Labute approximate surface area is 142 Å². The Bertz CT molecular complexity index is 653. The van der Waals surface area contributed by atoms with Gasteiger partial charge in [-0.2, -0.15) is 0 Å². The summed E-state index contributed by atoms with van der Waals surface area (Å²) in [5, 5.41) is 2.95. The first-order valence-electron chi connectivity index (χ1n) is 6.04. The van der Waals surface area contributed by atoms with Gasteiger partial charge in [0, 0.05) is 4.47 Å². The second-order valence-electron chi connectivity index (χ2n) is 4.60. The van der Waals surface area contributed by atoms with Gasteiger partial charge in [-0.15, -0.1) is 22.9 Å². The molecule has 0 fully saturated rings. The molecule has 0 bridgehead atoms. The van der Waals surface area contributed by atoms with E-state index in [4.69, 9.17) is 11.6 Å². The molecule has 1 amide bonds. The highest BCUT2D eigenvalue weighted by molar-refractivity contribution is 9.13. The van der Waals surface area contributed by atoms with Crippen molar-refractivity contribution in [2.24, 2.45) is 0 Å². The highest BCUT2D eigenvalue weighted by Crippen LogP contribution is 2.36. The lowest BCUT2D eigenvalue weighted by Gasteiger charge is -2.16. The van der Waals surface area contributed by atoms with Crippen molar-refractivity contribution in [3.63, 3.8) is 0 Å². The topological polar surface area (TPSA) is 29.1 Å². The monoisotopic (exact) mass is 433 g/mol. The molecule has 0 aliphatic heterocycles. The Balaban J connectivity index is 1.83. The number of amides is 1. The van der Waals surface area contributed by atoms with Gasteiger partial charge < -0.3 is 5.32 Å². The summed E-state index contributed by atoms with van der Waals surface area (Å²) < 4.78 is 1.80. The lowest BCUT2D eigenvalue weighted by atomic mass is 10.1. The molecule has 1 aromatic carbocycles. The molecule has 0 saturated heterocycles. The standard InChI is InChI=1S/C14H10Br2ClNOS/c15-9-6-11(20-13(9)16)14(19)18-12-8-4-2-1-3-7(8)5-10(12)17/h1-4,6,10,12H,5H2,(H,18,19). The quantitative estimate of drug-likeness (QED) is 0.668. The predicted molar refractivity (Wildman–Crippen MR) is 89.7 cm³/mol. The Morgan fingerprint density at radius 2 is 2.10 bits per heavy atom. The smallest absolute Gasteiger partial charge is 0.261 e. The maximum absolute atomic E-state index is 12.3. The number of carbonyl (C=O) groups is 1. The molecule has 3 rings (SSSR count). The van der Waals surface area contributed by atoms with Gasteiger partial charge in [-0.25, -0.2) is 0 Å². The van der Waals surface area contributed by atoms with E-state index in [0.717, 1.165) is 20.2 Å². The number of rotatable bonds is 2. The van der Waals surface area contributed by atoms with Crippen molar-refractivity contribution in [1.29, 1.82) is 0 Å². The van der Waals surface area contributed by atoms with Crippen LogP contribution in [0.5, 0.6) is 0 Å². The first kappa shape index (κ1) is 14.6. The molecular formula is C14H10Br2ClNOS. The van der Waals surface area contributed by atoms with E-state index in [9.17, 15) is 4.79 Å². The fourth-order valence-electron chi connectivity index (χ4n) is 2.39. The van der Waals surface area contributed by atoms with Crippen LogP contribution in [0.1, 0.15) is 26.8 Å². The average Bonchev–Trinajstić information content (AvgIpc) is 2.91. The third kappa shape index (κ3) is 2.69. The van der Waals surface area contributed by atoms with Crippen molar-refractivity contribution in [2.75, 3.05) is 0 Å². The molecule has 2 unspecified atom stereocenters. The molecule has 104 valence electrons. The molecule has 2 atom stereocenters. The third-order valence-corrected chi connectivity index (χ3v) is 6.98. The summed E-state index contributed by atoms with van der Waals surface area (Å²) in [4.78, 5) is 13.0. The normalized spacial score (nSPS) is 20.8. The van der Waals surface area contributed by atoms with E-state index in [1.54, 1.807) is 0 Å². The van der Waals surface area contributed by atoms with Crippen molar-refractivity contribution in [2.45, 2.75) is 17.8 Å². The number of alkyl halides is 1. The molecule has 6 heteroatoms. The van der Waals surface area contributed by atoms with Crippen LogP contribution in [-0.2, 0) is 6.42 Å². The molecule has 1 heterocycles. The lowest BCUT2D eigenvalue weighted by molar-refractivity contribution is 0.0941. The zero-order valence-corrected chi connectivity index (χ0v) is 14.9. The van der Waals surface area contributed by atoms with Crippen molar-refractivity contribution < 1.29 is 4.79 Å². The largest absolute Gasteiger partial charge is 0.343 e. The number of fused-ring (bicyclic) bond motifs is 1. The molecule has 20 heavy (non-hydrogen) atoms. The van der Waals surface area contributed by atoms with Crippen LogP contribution >= 0.6 is 54.8 Å². The summed E-state index contributed by atoms with van der Waals surface area (Å²) in [7, 11) is 0. The molecule has 1 aliphatic carbocycles. The number of carbonyl (C=O) groups excluding carboxylic acids is 1. The summed E-state index contributed by atoms with van der Waals surface area (Å²) in [6.07, 6.45) is 0.792. The summed E-state index contributed by atoms with van der Waals surface area (Å²) in [5.74, 6) is -0.0891. The second kappa shape index (κ2) is 5.79. The number of nitrogens with one attached hydrogen (secondary N) is 1. The SMILES string of the molecule is O=C(NC1c2ccccc2CC1Cl)c1cc(Br)c(Br)s1. The van der Waals surface area contributed by atoms with E-state index < -0.39 is 0 Å². The van der Waals surface area contributed by atoms with Crippen molar-refractivity contribution in [3.8, 4) is 0 Å². The highest BCUT2D eigenvalue weighted by atomic mass is 79.9. The van der Waals surface area contributed by atoms with Gasteiger partial charge in [-0.1, -0.05) is 24.3 Å². The predicted octanol–water partition coefficient (Wildman–Crippen LogP) is 4.91. The molecule has 1 aliphatic rings. The van der Waals surface area contributed by atoms with Gasteiger partial charge in [0.2, 0.25) is 0 Å². The van der Waals surface area contributed by atoms with Crippen LogP contribution in [0.3, 0.4) is 0 Å². The van der Waals surface area contributed by atoms with Gasteiger partial charge in [0.05, 0.1) is 20.1 Å². The summed E-state index contributed by atoms with van der Waals surface area (Å²) in [6.45, 7) is 0. The van der Waals surface area contributed by atoms with Crippen LogP contribution in [0.2, 0.25) is 0 Å². The molecule has 2 nitrogen and oxygen atoms in total. The third-order valence-electron chi connectivity index (χ3n) is 3.32. The van der Waals surface area contributed by atoms with Crippen LogP contribution < -0.4 is 5.32 Å². The molecule has 1 aromatic heterocycles. The molecule has 2 aromatic rings. The molecule has 0 saturated carbocycles. The maximum atomic E-state index is 12.3. The van der Waals surface area contributed by atoms with Crippen LogP contribution in [0.25, 0.3) is 0 Å². The van der Waals surface area contributed by atoms with E-state index in [2.05, 4.69) is 43.2 Å². The molecule has 0 spiro atoms. The number of hydrogen-bond acceptors (Lipinski definition) is 2. The average molecular weight is 436 g/mol. The zero-order chi connectivity index (χ0) is 14.3. The van der Waals surface area contributed by atoms with Gasteiger partial charge in [0.15, 0.2) is 0 Å². The van der Waals surface area contributed by atoms with Crippen molar-refractivity contribution in [3.05, 3.63) is 54.6 Å². The Kier molecular flexibility index (Phi) is 4.22. The van der Waals surface area contributed by atoms with Crippen LogP contribution in [0.15, 0.2) is 38.6 Å². The van der Waals surface area contributed by atoms with Crippen LogP contribution in [-0.4, -0.2) is 11.3 Å². The lowest BCUT2D eigenvalue weighted by Crippen LogP contribution is -2.31. The van der Waals surface area contributed by atoms with Gasteiger partial charge in [-0.3, -0.25) is 4.79 Å². The minimum Gasteiger partial charge on any atom is -0.343 e. The van der Waals surface area contributed by atoms with E-state index in [1.807, 2.05) is 24.3 Å². The first-order valence-corrected chi connectivity index (χ1v) is 8.87. The van der Waals surface area contributed by atoms with Gasteiger partial charge in [-0.05, 0) is 55.5 Å². The number of thiophene rings is 1. The van der Waals surface area contributed by atoms with E-state index in [0.29, 0.717) is 4.88 Å². The Morgan fingerprint density at radius 1 is 1.35 bits per heavy atom. The fraction of sp³-hybridized carbons (Fsp3) is 0.214. The van der Waals surface area contributed by atoms with Crippen LogP contribution in [0, 0.1) is 0 Å². The number of halogens is 3. The number of benzene rings is 1. The summed E-state index contributed by atoms with van der Waals surface area (Å²) in [6, 6.07) is 9.76. The first-order chi connectivity index (χ1) is 9.56. The van der Waals surface area contributed by atoms with Gasteiger partial charge in [0.25, 0.3) is 5.91 Å². The number of hydrogen-bond donors (Lipinski definition) is 1. The minimum absolute atomic E-state index is 0.0891. The van der Waals surface area contributed by atoms with Crippen molar-refractivity contribution in [1.82, 2.24) is 5.32 Å². The van der Waals surface area contributed by atoms with Crippen LogP contribution in [0.4, 0.5) is 0 Å². The Hall–Kier alpha value is -0.360. The van der Waals surface area contributed by atoms with E-state index >= 15 is 0 Å². The maximum Gasteiger partial charge on any atom is 0.261 e. The molecule has 0 radical (unpaired) electrons. The summed E-state index contributed by atoms with van der Waals surface area (Å²) in [5.41, 5.74) is 2.34. The zero-order valence-electron chi connectivity index (χ0n) is 10.2. The fourth-order valence-corrected chi connectivity index (χ4v) is 4.69. The van der Waals surface area contributed by atoms with Gasteiger partial charge in [0.1, 0.15) is 0 Å². The van der Waals surface area contributed by atoms with Crippen molar-refractivity contribution >= 4 is 60.7 Å². The molecule has 1 N–H and O–H groups in total. The second-order valence-corrected chi connectivity index (χ2v) is 8.39.